The molecule has 0 amide bonds. The number of nitrogens with two attached hydrogens (primary N) is 1. The second kappa shape index (κ2) is 4.13. The van der Waals surface area contributed by atoms with Crippen LogP contribution in [-0.2, 0) is 0 Å². The highest BCUT2D eigenvalue weighted by Gasteiger charge is 2.30. The first-order valence-electron chi connectivity index (χ1n) is 4.67. The van der Waals surface area contributed by atoms with Crippen LogP contribution in [0.1, 0.15) is 10.4 Å². The SMILES string of the molecule is NCC(=O)c1ccc2c(c1B(O)O)OCO2. The Morgan fingerprint density at radius 3 is 2.81 bits per heavy atom. The van der Waals surface area contributed by atoms with Gasteiger partial charge in [-0.3, -0.25) is 4.79 Å². The molecule has 0 radical (unpaired) electrons. The molecule has 0 spiro atoms. The average molecular weight is 223 g/mol. The predicted octanol–water partition coefficient (Wildman–Crippen LogP) is -1.76. The number of Topliss-reactive ketones (excluding diaryl/α,β-unsaturated/α-hetero) is 1. The molecule has 2 rings (SSSR count). The van der Waals surface area contributed by atoms with E-state index < -0.39 is 7.12 Å². The number of ketones is 1. The van der Waals surface area contributed by atoms with E-state index in [1.807, 2.05) is 0 Å². The molecule has 84 valence electrons. The van der Waals surface area contributed by atoms with Crippen molar-refractivity contribution in [3.63, 3.8) is 0 Å². The molecule has 1 aromatic carbocycles. The molecule has 0 fully saturated rings. The number of ether oxygens (including phenoxy) is 2. The molecule has 16 heavy (non-hydrogen) atoms. The van der Waals surface area contributed by atoms with Crippen molar-refractivity contribution in [2.75, 3.05) is 13.3 Å². The summed E-state index contributed by atoms with van der Waals surface area (Å²) in [6.45, 7) is -0.214. The quantitative estimate of drug-likeness (QED) is 0.414. The summed E-state index contributed by atoms with van der Waals surface area (Å²) in [7, 11) is -1.80. The Kier molecular flexibility index (Phi) is 2.82. The van der Waals surface area contributed by atoms with Crippen LogP contribution in [0.4, 0.5) is 0 Å². The molecule has 0 atom stereocenters. The van der Waals surface area contributed by atoms with Gasteiger partial charge in [0.2, 0.25) is 6.79 Å². The zero-order valence-electron chi connectivity index (χ0n) is 8.34. The van der Waals surface area contributed by atoms with E-state index in [0.29, 0.717) is 5.75 Å². The molecule has 0 saturated carbocycles. The second-order valence-corrected chi connectivity index (χ2v) is 3.26. The minimum Gasteiger partial charge on any atom is -0.454 e. The molecule has 1 aliphatic rings. The highest BCUT2D eigenvalue weighted by molar-refractivity contribution is 6.61. The summed E-state index contributed by atoms with van der Waals surface area (Å²) in [5.74, 6) is 0.187. The van der Waals surface area contributed by atoms with Crippen LogP contribution >= 0.6 is 0 Å². The summed E-state index contributed by atoms with van der Waals surface area (Å²) in [6.07, 6.45) is 0. The van der Waals surface area contributed by atoms with Gasteiger partial charge in [0.1, 0.15) is 0 Å². The number of rotatable bonds is 3. The first-order valence-corrected chi connectivity index (χ1v) is 4.67. The lowest BCUT2D eigenvalue weighted by Gasteiger charge is -2.09. The summed E-state index contributed by atoms with van der Waals surface area (Å²) in [4.78, 5) is 11.5. The van der Waals surface area contributed by atoms with E-state index in [1.165, 1.54) is 12.1 Å². The summed E-state index contributed by atoms with van der Waals surface area (Å²) in [5, 5.41) is 18.5. The lowest BCUT2D eigenvalue weighted by atomic mass is 9.75. The van der Waals surface area contributed by atoms with Gasteiger partial charge in [0.05, 0.1) is 6.54 Å². The first kappa shape index (κ1) is 10.9. The lowest BCUT2D eigenvalue weighted by Crippen LogP contribution is -2.36. The molecule has 1 heterocycles. The maximum atomic E-state index is 11.5. The van der Waals surface area contributed by atoms with Crippen LogP contribution in [0.15, 0.2) is 12.1 Å². The van der Waals surface area contributed by atoms with Gasteiger partial charge in [-0.05, 0) is 12.1 Å². The van der Waals surface area contributed by atoms with Gasteiger partial charge >= 0.3 is 7.12 Å². The average Bonchev–Trinajstić information content (AvgIpc) is 2.73. The van der Waals surface area contributed by atoms with Gasteiger partial charge in [-0.1, -0.05) is 0 Å². The van der Waals surface area contributed by atoms with E-state index in [1.54, 1.807) is 0 Å². The topological polar surface area (TPSA) is 102 Å². The molecular weight excluding hydrogens is 213 g/mol. The molecular formula is C9H10BNO5. The molecule has 1 aromatic rings. The minimum absolute atomic E-state index is 0.00464. The van der Waals surface area contributed by atoms with Gasteiger partial charge in [-0.2, -0.15) is 0 Å². The maximum Gasteiger partial charge on any atom is 0.493 e. The Labute approximate surface area is 91.7 Å². The third-order valence-corrected chi connectivity index (χ3v) is 2.32. The number of hydrogen-bond donors (Lipinski definition) is 3. The van der Waals surface area contributed by atoms with Crippen LogP contribution in [-0.4, -0.2) is 36.3 Å². The smallest absolute Gasteiger partial charge is 0.454 e. The van der Waals surface area contributed by atoms with Crippen molar-refractivity contribution in [1.82, 2.24) is 0 Å². The van der Waals surface area contributed by atoms with Crippen molar-refractivity contribution in [1.29, 1.82) is 0 Å². The fourth-order valence-electron chi connectivity index (χ4n) is 1.60. The molecule has 6 nitrogen and oxygen atoms in total. The summed E-state index contributed by atoms with van der Waals surface area (Å²) in [5.41, 5.74) is 5.38. The highest BCUT2D eigenvalue weighted by Crippen LogP contribution is 2.31. The van der Waals surface area contributed by atoms with Crippen molar-refractivity contribution >= 4 is 18.4 Å². The summed E-state index contributed by atoms with van der Waals surface area (Å²) in [6, 6.07) is 2.98. The molecule has 0 unspecified atom stereocenters. The zero-order chi connectivity index (χ0) is 11.7. The Morgan fingerprint density at radius 1 is 1.44 bits per heavy atom. The lowest BCUT2D eigenvalue weighted by molar-refractivity contribution is 0.100. The van der Waals surface area contributed by atoms with E-state index in [2.05, 4.69) is 0 Å². The number of carbonyl (C=O) groups excluding carboxylic acids is 1. The first-order chi connectivity index (χ1) is 7.65. The normalized spacial score (nSPS) is 12.7. The standard InChI is InChI=1S/C9H10BNO5/c11-3-6(12)5-1-2-7-9(16-4-15-7)8(5)10(13)14/h1-2,13-14H,3-4,11H2. The summed E-state index contributed by atoms with van der Waals surface area (Å²) < 4.78 is 10.2. The van der Waals surface area contributed by atoms with Crippen LogP contribution in [0.2, 0.25) is 0 Å². The number of hydrogen-bond acceptors (Lipinski definition) is 6. The fraction of sp³-hybridized carbons (Fsp3) is 0.222. The van der Waals surface area contributed by atoms with E-state index in [0.717, 1.165) is 0 Å². The highest BCUT2D eigenvalue weighted by atomic mass is 16.7. The minimum atomic E-state index is -1.80. The van der Waals surface area contributed by atoms with Crippen molar-refractivity contribution < 1.29 is 24.3 Å². The molecule has 0 aromatic heterocycles. The van der Waals surface area contributed by atoms with Gasteiger partial charge < -0.3 is 25.3 Å². The van der Waals surface area contributed by atoms with E-state index in [4.69, 9.17) is 15.2 Å². The van der Waals surface area contributed by atoms with Gasteiger partial charge in [-0.15, -0.1) is 0 Å². The van der Waals surface area contributed by atoms with E-state index >= 15 is 0 Å². The van der Waals surface area contributed by atoms with Crippen LogP contribution in [0, 0.1) is 0 Å². The van der Waals surface area contributed by atoms with Crippen molar-refractivity contribution in [2.24, 2.45) is 5.73 Å². The number of fused-ring (bicyclic) bond motifs is 1. The Bertz CT molecular complexity index is 434. The van der Waals surface area contributed by atoms with Crippen molar-refractivity contribution in [2.45, 2.75) is 0 Å². The molecule has 7 heteroatoms. The fourth-order valence-corrected chi connectivity index (χ4v) is 1.60. The van der Waals surface area contributed by atoms with Gasteiger partial charge in [0.25, 0.3) is 0 Å². The molecule has 0 aliphatic carbocycles. The largest absolute Gasteiger partial charge is 0.493 e. The maximum absolute atomic E-state index is 11.5. The van der Waals surface area contributed by atoms with Gasteiger partial charge in [0, 0.05) is 11.0 Å². The third kappa shape index (κ3) is 1.65. The molecule has 4 N–H and O–H groups in total. The van der Waals surface area contributed by atoms with Crippen LogP contribution in [0.25, 0.3) is 0 Å². The number of carbonyl (C=O) groups is 1. The van der Waals surface area contributed by atoms with Crippen LogP contribution in [0.3, 0.4) is 0 Å². The summed E-state index contributed by atoms with van der Waals surface area (Å²) >= 11 is 0. The van der Waals surface area contributed by atoms with Crippen LogP contribution in [0.5, 0.6) is 11.5 Å². The van der Waals surface area contributed by atoms with Gasteiger partial charge in [0.15, 0.2) is 17.3 Å². The molecule has 0 saturated heterocycles. The zero-order valence-corrected chi connectivity index (χ0v) is 8.34. The Balaban J connectivity index is 2.58. The van der Waals surface area contributed by atoms with Gasteiger partial charge in [-0.25, -0.2) is 0 Å². The van der Waals surface area contributed by atoms with E-state index in [-0.39, 0.29) is 35.9 Å². The molecule has 0 bridgehead atoms. The monoisotopic (exact) mass is 223 g/mol. The second-order valence-electron chi connectivity index (χ2n) is 3.26. The van der Waals surface area contributed by atoms with E-state index in [9.17, 15) is 14.8 Å². The third-order valence-electron chi connectivity index (χ3n) is 2.32. The van der Waals surface area contributed by atoms with Crippen molar-refractivity contribution in [3.8, 4) is 11.5 Å². The van der Waals surface area contributed by atoms with Crippen LogP contribution < -0.4 is 20.7 Å². The van der Waals surface area contributed by atoms with Crippen molar-refractivity contribution in [3.05, 3.63) is 17.7 Å². The predicted molar refractivity (Wildman–Crippen MR) is 55.8 cm³/mol. The Morgan fingerprint density at radius 2 is 2.19 bits per heavy atom. The molecule has 1 aliphatic heterocycles. The number of benzene rings is 1. The Hall–Kier alpha value is -1.57.